The number of anilines is 1. The molecule has 0 unspecified atom stereocenters. The number of nitrogens with one attached hydrogen (secondary N) is 2. The minimum Gasteiger partial charge on any atom is -0.399 e. The number of rotatable bonds is 4. The Hall–Kier alpha value is -1.71. The Labute approximate surface area is 108 Å². The molecule has 2 rings (SSSR count). The van der Waals surface area contributed by atoms with Crippen molar-refractivity contribution < 1.29 is 4.79 Å². The number of carbonyl (C=O) groups is 1. The molecule has 1 fully saturated rings. The highest BCUT2D eigenvalue weighted by atomic mass is 16.2. The van der Waals surface area contributed by atoms with Crippen LogP contribution in [-0.4, -0.2) is 12.6 Å². The highest BCUT2D eigenvalue weighted by Crippen LogP contribution is 2.45. The van der Waals surface area contributed by atoms with Gasteiger partial charge >= 0.3 is 6.03 Å². The van der Waals surface area contributed by atoms with Crippen LogP contribution in [0.3, 0.4) is 0 Å². The number of benzene rings is 1. The van der Waals surface area contributed by atoms with Gasteiger partial charge in [0.15, 0.2) is 0 Å². The zero-order valence-corrected chi connectivity index (χ0v) is 11.0. The molecule has 0 atom stereocenters. The third-order valence-electron chi connectivity index (χ3n) is 3.24. The van der Waals surface area contributed by atoms with Crippen LogP contribution >= 0.6 is 0 Å². The fourth-order valence-electron chi connectivity index (χ4n) is 1.97. The Morgan fingerprint density at radius 3 is 2.44 bits per heavy atom. The predicted octanol–water partition coefficient (Wildman–Crippen LogP) is 2.21. The van der Waals surface area contributed by atoms with Crippen LogP contribution in [0.2, 0.25) is 0 Å². The van der Waals surface area contributed by atoms with Crippen molar-refractivity contribution >= 4 is 11.7 Å². The second-order valence-corrected chi connectivity index (χ2v) is 5.43. The Balaban J connectivity index is 1.96. The molecular formula is C14H21N3O. The second-order valence-electron chi connectivity index (χ2n) is 5.43. The van der Waals surface area contributed by atoms with Gasteiger partial charge in [-0.1, -0.05) is 26.0 Å². The first-order valence-corrected chi connectivity index (χ1v) is 6.44. The lowest BCUT2D eigenvalue weighted by atomic mass is 10.0. The molecule has 1 aliphatic rings. The standard InChI is InChI=1S/C14H21N3O/c1-10(2)9-16-13(18)17-14(7-8-14)11-3-5-12(15)6-4-11/h3-6,10H,7-9,15H2,1-2H3,(H2,16,17,18). The zero-order valence-electron chi connectivity index (χ0n) is 11.0. The molecule has 1 aromatic carbocycles. The van der Waals surface area contributed by atoms with Gasteiger partial charge in [-0.2, -0.15) is 0 Å². The average molecular weight is 247 g/mol. The minimum absolute atomic E-state index is 0.0852. The van der Waals surface area contributed by atoms with Gasteiger partial charge in [0.05, 0.1) is 5.54 Å². The number of hydrogen-bond acceptors (Lipinski definition) is 2. The second kappa shape index (κ2) is 4.88. The van der Waals surface area contributed by atoms with Gasteiger partial charge in [0, 0.05) is 12.2 Å². The first-order valence-electron chi connectivity index (χ1n) is 6.44. The molecule has 4 heteroatoms. The summed E-state index contributed by atoms with van der Waals surface area (Å²) >= 11 is 0. The molecule has 4 N–H and O–H groups in total. The van der Waals surface area contributed by atoms with E-state index in [-0.39, 0.29) is 11.6 Å². The zero-order chi connectivity index (χ0) is 13.2. The van der Waals surface area contributed by atoms with Crippen molar-refractivity contribution in [1.29, 1.82) is 0 Å². The molecule has 1 aliphatic carbocycles. The van der Waals surface area contributed by atoms with Crippen molar-refractivity contribution in [3.8, 4) is 0 Å². The van der Waals surface area contributed by atoms with Gasteiger partial charge in [-0.15, -0.1) is 0 Å². The van der Waals surface area contributed by atoms with E-state index in [2.05, 4.69) is 24.5 Å². The number of amides is 2. The van der Waals surface area contributed by atoms with Crippen LogP contribution in [0.5, 0.6) is 0 Å². The Kier molecular flexibility index (Phi) is 3.45. The van der Waals surface area contributed by atoms with Crippen LogP contribution in [0.15, 0.2) is 24.3 Å². The molecule has 1 saturated carbocycles. The maximum Gasteiger partial charge on any atom is 0.315 e. The number of nitrogens with two attached hydrogens (primary N) is 1. The molecule has 0 aromatic heterocycles. The molecule has 0 spiro atoms. The van der Waals surface area contributed by atoms with Gasteiger partial charge in [0.1, 0.15) is 0 Å². The summed E-state index contributed by atoms with van der Waals surface area (Å²) in [4.78, 5) is 11.8. The van der Waals surface area contributed by atoms with Gasteiger partial charge in [-0.3, -0.25) is 0 Å². The molecule has 0 heterocycles. The summed E-state index contributed by atoms with van der Waals surface area (Å²) in [5.74, 6) is 0.461. The van der Waals surface area contributed by atoms with Crippen LogP contribution in [0.4, 0.5) is 10.5 Å². The summed E-state index contributed by atoms with van der Waals surface area (Å²) in [6, 6.07) is 7.65. The Bertz CT molecular complexity index is 421. The largest absolute Gasteiger partial charge is 0.399 e. The van der Waals surface area contributed by atoms with Crippen LogP contribution < -0.4 is 16.4 Å². The van der Waals surface area contributed by atoms with E-state index in [1.807, 2.05) is 24.3 Å². The molecular weight excluding hydrogens is 226 g/mol. The van der Waals surface area contributed by atoms with Crippen molar-refractivity contribution in [1.82, 2.24) is 10.6 Å². The molecule has 0 aliphatic heterocycles. The van der Waals surface area contributed by atoms with Gasteiger partial charge in [0.25, 0.3) is 0 Å². The maximum absolute atomic E-state index is 11.8. The first kappa shape index (κ1) is 12.7. The van der Waals surface area contributed by atoms with Gasteiger partial charge in [-0.25, -0.2) is 4.79 Å². The highest BCUT2D eigenvalue weighted by Gasteiger charge is 2.45. The number of hydrogen-bond donors (Lipinski definition) is 3. The van der Waals surface area contributed by atoms with Crippen molar-refractivity contribution in [3.63, 3.8) is 0 Å². The van der Waals surface area contributed by atoms with Crippen LogP contribution in [0.25, 0.3) is 0 Å². The lowest BCUT2D eigenvalue weighted by Crippen LogP contribution is -2.43. The lowest BCUT2D eigenvalue weighted by molar-refractivity contribution is 0.234. The summed E-state index contributed by atoms with van der Waals surface area (Å²) in [7, 11) is 0. The predicted molar refractivity (Wildman–Crippen MR) is 73.1 cm³/mol. The summed E-state index contributed by atoms with van der Waals surface area (Å²) in [6.07, 6.45) is 1.98. The van der Waals surface area contributed by atoms with E-state index in [1.54, 1.807) is 0 Å². The molecule has 0 saturated heterocycles. The molecule has 4 nitrogen and oxygen atoms in total. The molecule has 98 valence electrons. The highest BCUT2D eigenvalue weighted by molar-refractivity contribution is 5.75. The van der Waals surface area contributed by atoms with Gasteiger partial charge in [-0.05, 0) is 36.5 Å². The van der Waals surface area contributed by atoms with E-state index in [0.717, 1.165) is 24.1 Å². The van der Waals surface area contributed by atoms with Crippen molar-refractivity contribution in [2.75, 3.05) is 12.3 Å². The summed E-state index contributed by atoms with van der Waals surface area (Å²) in [6.45, 7) is 4.85. The average Bonchev–Trinajstić information content (AvgIpc) is 3.08. The summed E-state index contributed by atoms with van der Waals surface area (Å²) in [5.41, 5.74) is 7.39. The van der Waals surface area contributed by atoms with Crippen molar-refractivity contribution in [2.24, 2.45) is 5.92 Å². The normalized spacial score (nSPS) is 16.4. The van der Waals surface area contributed by atoms with Crippen molar-refractivity contribution in [3.05, 3.63) is 29.8 Å². The number of urea groups is 1. The number of carbonyl (C=O) groups excluding carboxylic acids is 1. The third kappa shape index (κ3) is 2.94. The fourth-order valence-corrected chi connectivity index (χ4v) is 1.97. The molecule has 18 heavy (non-hydrogen) atoms. The van der Waals surface area contributed by atoms with Gasteiger partial charge in [0.2, 0.25) is 0 Å². The van der Waals surface area contributed by atoms with E-state index >= 15 is 0 Å². The SMILES string of the molecule is CC(C)CNC(=O)NC1(c2ccc(N)cc2)CC1. The van der Waals surface area contributed by atoms with E-state index in [9.17, 15) is 4.79 Å². The van der Waals surface area contributed by atoms with E-state index in [4.69, 9.17) is 5.73 Å². The summed E-state index contributed by atoms with van der Waals surface area (Å²) in [5, 5.41) is 5.95. The minimum atomic E-state index is -0.172. The quantitative estimate of drug-likeness (QED) is 0.714. The van der Waals surface area contributed by atoms with E-state index < -0.39 is 0 Å². The Morgan fingerprint density at radius 2 is 1.94 bits per heavy atom. The lowest BCUT2D eigenvalue weighted by Gasteiger charge is -2.19. The van der Waals surface area contributed by atoms with E-state index in [1.165, 1.54) is 0 Å². The summed E-state index contributed by atoms with van der Waals surface area (Å²) < 4.78 is 0. The fraction of sp³-hybridized carbons (Fsp3) is 0.500. The van der Waals surface area contributed by atoms with Crippen LogP contribution in [-0.2, 0) is 5.54 Å². The smallest absolute Gasteiger partial charge is 0.315 e. The monoisotopic (exact) mass is 247 g/mol. The third-order valence-corrected chi connectivity index (χ3v) is 3.24. The van der Waals surface area contributed by atoms with Crippen LogP contribution in [0, 0.1) is 5.92 Å². The molecule has 0 radical (unpaired) electrons. The topological polar surface area (TPSA) is 67.2 Å². The van der Waals surface area contributed by atoms with E-state index in [0.29, 0.717) is 12.5 Å². The molecule has 0 bridgehead atoms. The number of nitrogen functional groups attached to an aromatic ring is 1. The van der Waals surface area contributed by atoms with Gasteiger partial charge < -0.3 is 16.4 Å². The Morgan fingerprint density at radius 1 is 1.33 bits per heavy atom. The van der Waals surface area contributed by atoms with Crippen LogP contribution in [0.1, 0.15) is 32.3 Å². The maximum atomic E-state index is 11.8. The first-order chi connectivity index (χ1) is 8.52. The molecule has 2 amide bonds. The van der Waals surface area contributed by atoms with Crippen molar-refractivity contribution in [2.45, 2.75) is 32.2 Å². The molecule has 1 aromatic rings.